The molecule has 0 heterocycles. The summed E-state index contributed by atoms with van der Waals surface area (Å²) in [4.78, 5) is 13.4. The number of hydrogen-bond donors (Lipinski definition) is 1. The predicted molar refractivity (Wildman–Crippen MR) is 28.2 cm³/mol. The van der Waals surface area contributed by atoms with Crippen molar-refractivity contribution in [3.05, 3.63) is 11.6 Å². The van der Waals surface area contributed by atoms with Crippen LogP contribution in [0.15, 0.2) is 11.6 Å². The molecule has 0 rings (SSSR count). The van der Waals surface area contributed by atoms with Gasteiger partial charge in [0.1, 0.15) is 0 Å². The Labute approximate surface area is 47.5 Å². The van der Waals surface area contributed by atoms with E-state index in [-0.39, 0.29) is 0 Å². The first kappa shape index (κ1) is 7.17. The summed E-state index contributed by atoms with van der Waals surface area (Å²) < 4.78 is 0. The molecule has 0 aliphatic heterocycles. The van der Waals surface area contributed by atoms with Gasteiger partial charge in [-0.25, -0.2) is 4.79 Å². The van der Waals surface area contributed by atoms with Crippen molar-refractivity contribution in [2.45, 2.75) is 13.8 Å². The summed E-state index contributed by atoms with van der Waals surface area (Å²) in [5, 5.41) is 7.69. The second-order valence-corrected chi connectivity index (χ2v) is 1.63. The highest BCUT2D eigenvalue weighted by Gasteiger charge is 1.91. The fourth-order valence-electron chi connectivity index (χ4n) is 0.262. The van der Waals surface area contributed by atoms with Crippen LogP contribution < -0.4 is 0 Å². The number of carbonyl (C=O) groups is 1. The Bertz CT molecular complexity index is 111. The van der Waals surface area contributed by atoms with Gasteiger partial charge >= 0.3 is 5.97 Å². The number of rotatable bonds is 1. The monoisotopic (exact) mass is 116 g/mol. The number of allylic oxidation sites excluding steroid dienone is 1. The van der Waals surface area contributed by atoms with Crippen LogP contribution in [0, 0.1) is 0 Å². The Hall–Kier alpha value is -0.830. The Morgan fingerprint density at radius 3 is 2.25 bits per heavy atom. The molecule has 8 heavy (non-hydrogen) atoms. The van der Waals surface area contributed by atoms with Gasteiger partial charge in [-0.3, -0.25) is 4.89 Å². The van der Waals surface area contributed by atoms with Crippen molar-refractivity contribution >= 4 is 5.97 Å². The lowest BCUT2D eigenvalue weighted by Gasteiger charge is -1.86. The second-order valence-electron chi connectivity index (χ2n) is 1.63. The van der Waals surface area contributed by atoms with Gasteiger partial charge in [0.25, 0.3) is 0 Å². The van der Waals surface area contributed by atoms with E-state index < -0.39 is 5.97 Å². The molecular weight excluding hydrogens is 108 g/mol. The van der Waals surface area contributed by atoms with Crippen LogP contribution in [0.2, 0.25) is 0 Å². The maximum Gasteiger partial charge on any atom is 0.365 e. The highest BCUT2D eigenvalue weighted by Crippen LogP contribution is 1.87. The molecular formula is C5H8O3. The van der Waals surface area contributed by atoms with E-state index in [0.29, 0.717) is 0 Å². The number of carbonyl (C=O) groups excluding carboxylic acids is 1. The molecule has 0 aliphatic carbocycles. The van der Waals surface area contributed by atoms with E-state index in [9.17, 15) is 4.79 Å². The molecule has 0 saturated carbocycles. The Kier molecular flexibility index (Phi) is 2.88. The van der Waals surface area contributed by atoms with Gasteiger partial charge in [0.15, 0.2) is 0 Å². The molecule has 3 heteroatoms. The normalized spacial score (nSPS) is 7.88. The van der Waals surface area contributed by atoms with E-state index in [4.69, 9.17) is 5.26 Å². The third-order valence-electron chi connectivity index (χ3n) is 0.496. The van der Waals surface area contributed by atoms with E-state index in [1.165, 1.54) is 6.08 Å². The average molecular weight is 116 g/mol. The smallest absolute Gasteiger partial charge is 0.296 e. The highest BCUT2D eigenvalue weighted by atomic mass is 17.1. The van der Waals surface area contributed by atoms with Crippen LogP contribution in [0.25, 0.3) is 0 Å². The molecule has 0 radical (unpaired) electrons. The van der Waals surface area contributed by atoms with E-state index in [1.807, 2.05) is 0 Å². The van der Waals surface area contributed by atoms with Crippen LogP contribution in [0.1, 0.15) is 13.8 Å². The molecule has 0 bridgehead atoms. The van der Waals surface area contributed by atoms with Crippen LogP contribution in [0.4, 0.5) is 0 Å². The summed E-state index contributed by atoms with van der Waals surface area (Å²) in [6, 6.07) is 0. The van der Waals surface area contributed by atoms with Crippen molar-refractivity contribution in [1.29, 1.82) is 0 Å². The molecule has 0 aromatic rings. The van der Waals surface area contributed by atoms with Crippen molar-refractivity contribution in [2.75, 3.05) is 0 Å². The molecule has 3 nitrogen and oxygen atoms in total. The van der Waals surface area contributed by atoms with Crippen LogP contribution >= 0.6 is 0 Å². The molecule has 0 unspecified atom stereocenters. The highest BCUT2D eigenvalue weighted by molar-refractivity contribution is 5.81. The molecule has 0 amide bonds. The largest absolute Gasteiger partial charge is 0.365 e. The van der Waals surface area contributed by atoms with Crippen molar-refractivity contribution < 1.29 is 14.9 Å². The lowest BCUT2D eigenvalue weighted by molar-refractivity contribution is -0.228. The van der Waals surface area contributed by atoms with Crippen LogP contribution in [0.5, 0.6) is 0 Å². The molecule has 0 aromatic carbocycles. The second kappa shape index (κ2) is 3.21. The minimum atomic E-state index is -0.731. The fraction of sp³-hybridized carbons (Fsp3) is 0.400. The van der Waals surface area contributed by atoms with Gasteiger partial charge in [-0.15, -0.1) is 0 Å². The Morgan fingerprint density at radius 1 is 1.62 bits per heavy atom. The molecule has 0 aliphatic rings. The molecule has 46 valence electrons. The quantitative estimate of drug-likeness (QED) is 0.315. The van der Waals surface area contributed by atoms with Gasteiger partial charge in [0.2, 0.25) is 0 Å². The summed E-state index contributed by atoms with van der Waals surface area (Å²) >= 11 is 0. The van der Waals surface area contributed by atoms with Crippen molar-refractivity contribution in [3.63, 3.8) is 0 Å². The molecule has 0 atom stereocenters. The van der Waals surface area contributed by atoms with Crippen molar-refractivity contribution in [3.8, 4) is 0 Å². The van der Waals surface area contributed by atoms with Crippen molar-refractivity contribution in [1.82, 2.24) is 0 Å². The van der Waals surface area contributed by atoms with E-state index in [0.717, 1.165) is 5.57 Å². The summed E-state index contributed by atoms with van der Waals surface area (Å²) in [7, 11) is 0. The van der Waals surface area contributed by atoms with Gasteiger partial charge in [-0.05, 0) is 13.8 Å². The standard InChI is InChI=1S/C5H8O3/c1-4(2)3-5(6)8-7/h3,7H,1-2H3. The van der Waals surface area contributed by atoms with Gasteiger partial charge < -0.3 is 0 Å². The minimum Gasteiger partial charge on any atom is -0.296 e. The predicted octanol–water partition coefficient (Wildman–Crippen LogP) is 0.969. The zero-order chi connectivity index (χ0) is 6.57. The maximum atomic E-state index is 10.1. The molecule has 0 spiro atoms. The minimum absolute atomic E-state index is 0.731. The molecule has 1 N–H and O–H groups in total. The fourth-order valence-corrected chi connectivity index (χ4v) is 0.262. The topological polar surface area (TPSA) is 46.5 Å². The van der Waals surface area contributed by atoms with Crippen molar-refractivity contribution in [2.24, 2.45) is 0 Å². The van der Waals surface area contributed by atoms with Gasteiger partial charge in [-0.2, -0.15) is 5.26 Å². The van der Waals surface area contributed by atoms with E-state index >= 15 is 0 Å². The third kappa shape index (κ3) is 3.36. The van der Waals surface area contributed by atoms with Gasteiger partial charge in [0.05, 0.1) is 0 Å². The Balaban J connectivity index is 3.70. The number of hydrogen-bond acceptors (Lipinski definition) is 3. The summed E-state index contributed by atoms with van der Waals surface area (Å²) in [6.45, 7) is 3.47. The maximum absolute atomic E-state index is 10.1. The Morgan fingerprint density at radius 2 is 2.12 bits per heavy atom. The molecule has 0 fully saturated rings. The van der Waals surface area contributed by atoms with Crippen LogP contribution in [-0.4, -0.2) is 11.2 Å². The molecule has 0 saturated heterocycles. The average Bonchev–Trinajstić information content (AvgIpc) is 1.65. The zero-order valence-corrected chi connectivity index (χ0v) is 4.84. The summed E-state index contributed by atoms with van der Waals surface area (Å²) in [5.41, 5.74) is 0.795. The molecule has 0 aromatic heterocycles. The first-order valence-corrected chi connectivity index (χ1v) is 2.17. The third-order valence-corrected chi connectivity index (χ3v) is 0.496. The van der Waals surface area contributed by atoms with Gasteiger partial charge in [-0.1, -0.05) is 5.57 Å². The van der Waals surface area contributed by atoms with E-state index in [1.54, 1.807) is 13.8 Å². The first-order valence-electron chi connectivity index (χ1n) is 2.17. The zero-order valence-electron chi connectivity index (χ0n) is 4.84. The summed E-state index contributed by atoms with van der Waals surface area (Å²) in [5.74, 6) is -0.731. The van der Waals surface area contributed by atoms with E-state index in [2.05, 4.69) is 4.89 Å². The lowest BCUT2D eigenvalue weighted by atomic mass is 10.3. The van der Waals surface area contributed by atoms with Gasteiger partial charge in [0, 0.05) is 6.08 Å². The van der Waals surface area contributed by atoms with Crippen LogP contribution in [-0.2, 0) is 9.68 Å². The summed E-state index contributed by atoms with van der Waals surface area (Å²) in [6.07, 6.45) is 1.19. The SMILES string of the molecule is CC(C)=CC(=O)OO. The first-order chi connectivity index (χ1) is 3.66. The lowest BCUT2D eigenvalue weighted by Crippen LogP contribution is -1.94. The van der Waals surface area contributed by atoms with Crippen LogP contribution in [0.3, 0.4) is 0 Å².